The topological polar surface area (TPSA) is 52.6 Å². The van der Waals surface area contributed by atoms with E-state index in [1.807, 2.05) is 32.8 Å². The van der Waals surface area contributed by atoms with Gasteiger partial charge in [0.1, 0.15) is 6.04 Å². The van der Waals surface area contributed by atoms with Crippen LogP contribution in [0, 0.1) is 0 Å². The monoisotopic (exact) mass is 280 g/mol. The lowest BCUT2D eigenvalue weighted by Crippen LogP contribution is -2.43. The van der Waals surface area contributed by atoms with Crippen LogP contribution in [-0.2, 0) is 4.79 Å². The number of carboxylic acid groups (broad SMARTS) is 1. The van der Waals surface area contributed by atoms with Crippen LogP contribution in [0.4, 0.5) is 5.69 Å². The smallest absolute Gasteiger partial charge is 0.322 e. The van der Waals surface area contributed by atoms with E-state index in [2.05, 4.69) is 29.6 Å². The van der Waals surface area contributed by atoms with Gasteiger partial charge in [0.25, 0.3) is 0 Å². The van der Waals surface area contributed by atoms with E-state index in [1.165, 1.54) is 0 Å². The fraction of sp³-hybridized carbons (Fsp3) is 0.500. The fourth-order valence-corrected chi connectivity index (χ4v) is 3.65. The summed E-state index contributed by atoms with van der Waals surface area (Å²) in [6.07, 6.45) is 0. The maximum absolute atomic E-state index is 11.3. The van der Waals surface area contributed by atoms with Gasteiger partial charge in [-0.2, -0.15) is 0 Å². The molecule has 1 aromatic carbocycles. The van der Waals surface area contributed by atoms with Crippen LogP contribution in [-0.4, -0.2) is 36.0 Å². The van der Waals surface area contributed by atoms with Gasteiger partial charge in [0.2, 0.25) is 0 Å². The van der Waals surface area contributed by atoms with Gasteiger partial charge in [0.05, 0.1) is 5.37 Å². The Morgan fingerprint density at radius 3 is 2.32 bits per heavy atom. The molecule has 2 atom stereocenters. The number of benzene rings is 1. The molecule has 2 rings (SSSR count). The van der Waals surface area contributed by atoms with E-state index in [4.69, 9.17) is 0 Å². The number of hydrogen-bond acceptors (Lipinski definition) is 4. The van der Waals surface area contributed by atoms with Crippen molar-refractivity contribution in [2.24, 2.45) is 0 Å². The minimum atomic E-state index is -0.787. The largest absolute Gasteiger partial charge is 0.480 e. The SMILES string of the molecule is CN(C)c1ccc(C2N[C@@H](C(=O)O)C(C)(C)S2)cc1. The van der Waals surface area contributed by atoms with Crippen molar-refractivity contribution in [3.63, 3.8) is 0 Å². The van der Waals surface area contributed by atoms with Gasteiger partial charge in [0.15, 0.2) is 0 Å². The number of carboxylic acids is 1. The average molecular weight is 280 g/mol. The van der Waals surface area contributed by atoms with E-state index in [0.717, 1.165) is 11.3 Å². The number of rotatable bonds is 3. The van der Waals surface area contributed by atoms with Crippen LogP contribution in [0.3, 0.4) is 0 Å². The Hall–Kier alpha value is -1.20. The number of thioether (sulfide) groups is 1. The van der Waals surface area contributed by atoms with Crippen LogP contribution in [0.15, 0.2) is 24.3 Å². The highest BCUT2D eigenvalue weighted by Crippen LogP contribution is 2.45. The van der Waals surface area contributed by atoms with Crippen molar-refractivity contribution in [1.29, 1.82) is 0 Å². The van der Waals surface area contributed by atoms with E-state index in [0.29, 0.717) is 0 Å². The second-order valence-corrected chi connectivity index (χ2v) is 7.28. The summed E-state index contributed by atoms with van der Waals surface area (Å²) in [5.41, 5.74) is 2.26. The third-order valence-electron chi connectivity index (χ3n) is 3.39. The highest BCUT2D eigenvalue weighted by atomic mass is 32.2. The molecule has 1 unspecified atom stereocenters. The Bertz CT molecular complexity index is 471. The summed E-state index contributed by atoms with van der Waals surface area (Å²) in [6.45, 7) is 3.94. The van der Waals surface area contributed by atoms with E-state index in [1.54, 1.807) is 11.8 Å². The zero-order chi connectivity index (χ0) is 14.2. The lowest BCUT2D eigenvalue weighted by molar-refractivity contribution is -0.139. The molecule has 1 saturated heterocycles. The molecule has 4 nitrogen and oxygen atoms in total. The van der Waals surface area contributed by atoms with Gasteiger partial charge in [0, 0.05) is 24.5 Å². The normalized spacial score (nSPS) is 25.3. The summed E-state index contributed by atoms with van der Waals surface area (Å²) in [5.74, 6) is -0.787. The van der Waals surface area contributed by atoms with E-state index < -0.39 is 12.0 Å². The predicted molar refractivity (Wildman–Crippen MR) is 79.7 cm³/mol. The first-order valence-electron chi connectivity index (χ1n) is 6.25. The third-order valence-corrected chi connectivity index (χ3v) is 4.88. The van der Waals surface area contributed by atoms with Crippen LogP contribution in [0.25, 0.3) is 0 Å². The van der Waals surface area contributed by atoms with Gasteiger partial charge in [-0.25, -0.2) is 0 Å². The molecular weight excluding hydrogens is 260 g/mol. The summed E-state index contributed by atoms with van der Waals surface area (Å²) in [6, 6.07) is 7.70. The second kappa shape index (κ2) is 5.06. The van der Waals surface area contributed by atoms with E-state index >= 15 is 0 Å². The molecule has 1 heterocycles. The van der Waals surface area contributed by atoms with Gasteiger partial charge in [-0.3, -0.25) is 10.1 Å². The van der Waals surface area contributed by atoms with Crippen LogP contribution in [0.5, 0.6) is 0 Å². The summed E-state index contributed by atoms with van der Waals surface area (Å²) in [4.78, 5) is 13.3. The molecule has 0 spiro atoms. The first-order chi connectivity index (χ1) is 8.81. The molecule has 1 aliphatic rings. The second-order valence-electron chi connectivity index (χ2n) is 5.53. The summed E-state index contributed by atoms with van der Waals surface area (Å²) < 4.78 is -0.309. The standard InChI is InChI=1S/C14H20N2O2S/c1-14(2)11(13(17)18)15-12(19-14)9-5-7-10(8-6-9)16(3)4/h5-8,11-12,15H,1-4H3,(H,17,18)/t11-,12?/m0/s1. The third kappa shape index (κ3) is 2.87. The van der Waals surface area contributed by atoms with E-state index in [9.17, 15) is 9.90 Å². The number of aliphatic carboxylic acids is 1. The Morgan fingerprint density at radius 2 is 1.89 bits per heavy atom. The van der Waals surface area contributed by atoms with Crippen molar-refractivity contribution >= 4 is 23.4 Å². The average Bonchev–Trinajstić information content (AvgIpc) is 2.65. The molecule has 0 saturated carbocycles. The number of carbonyl (C=O) groups is 1. The first kappa shape index (κ1) is 14.2. The van der Waals surface area contributed by atoms with Crippen molar-refractivity contribution in [3.8, 4) is 0 Å². The molecule has 104 valence electrons. The van der Waals surface area contributed by atoms with Crippen LogP contribution >= 0.6 is 11.8 Å². The Labute approximate surface area is 118 Å². The lowest BCUT2D eigenvalue weighted by atomic mass is 10.0. The highest BCUT2D eigenvalue weighted by Gasteiger charge is 2.45. The minimum Gasteiger partial charge on any atom is -0.480 e. The number of nitrogens with one attached hydrogen (secondary N) is 1. The molecule has 1 aromatic rings. The van der Waals surface area contributed by atoms with Crippen LogP contribution < -0.4 is 10.2 Å². The van der Waals surface area contributed by atoms with Crippen molar-refractivity contribution in [1.82, 2.24) is 5.32 Å². The Balaban J connectivity index is 2.18. The quantitative estimate of drug-likeness (QED) is 0.890. The number of nitrogens with zero attached hydrogens (tertiary/aromatic N) is 1. The zero-order valence-corrected chi connectivity index (χ0v) is 12.5. The highest BCUT2D eigenvalue weighted by molar-refractivity contribution is 8.01. The minimum absolute atomic E-state index is 0.0345. The summed E-state index contributed by atoms with van der Waals surface area (Å²) >= 11 is 1.67. The molecular formula is C14H20N2O2S. The molecule has 0 aromatic heterocycles. The maximum Gasteiger partial charge on any atom is 0.322 e. The molecule has 0 radical (unpaired) electrons. The van der Waals surface area contributed by atoms with Crippen molar-refractivity contribution in [2.75, 3.05) is 19.0 Å². The van der Waals surface area contributed by atoms with Gasteiger partial charge < -0.3 is 10.0 Å². The van der Waals surface area contributed by atoms with Crippen LogP contribution in [0.1, 0.15) is 24.8 Å². The fourth-order valence-electron chi connectivity index (χ4n) is 2.24. The molecule has 1 fully saturated rings. The first-order valence-corrected chi connectivity index (χ1v) is 7.13. The molecule has 0 aliphatic carbocycles. The Kier molecular flexibility index (Phi) is 3.78. The van der Waals surface area contributed by atoms with Gasteiger partial charge in [-0.1, -0.05) is 12.1 Å². The zero-order valence-electron chi connectivity index (χ0n) is 11.7. The molecule has 0 bridgehead atoms. The Morgan fingerprint density at radius 1 is 1.32 bits per heavy atom. The van der Waals surface area contributed by atoms with Crippen molar-refractivity contribution in [3.05, 3.63) is 29.8 Å². The van der Waals surface area contributed by atoms with Gasteiger partial charge >= 0.3 is 5.97 Å². The van der Waals surface area contributed by atoms with Gasteiger partial charge in [-0.05, 0) is 31.5 Å². The molecule has 0 amide bonds. The number of anilines is 1. The molecule has 19 heavy (non-hydrogen) atoms. The van der Waals surface area contributed by atoms with Crippen molar-refractivity contribution in [2.45, 2.75) is 30.0 Å². The summed E-state index contributed by atoms with van der Waals surface area (Å²) in [5, 5.41) is 12.5. The molecule has 2 N–H and O–H groups in total. The van der Waals surface area contributed by atoms with E-state index in [-0.39, 0.29) is 10.1 Å². The lowest BCUT2D eigenvalue weighted by Gasteiger charge is -2.20. The van der Waals surface area contributed by atoms with Crippen LogP contribution in [0.2, 0.25) is 0 Å². The maximum atomic E-state index is 11.3. The molecule has 5 heteroatoms. The summed E-state index contributed by atoms with van der Waals surface area (Å²) in [7, 11) is 4.00. The number of hydrogen-bond donors (Lipinski definition) is 2. The predicted octanol–water partition coefficient (Wildman–Crippen LogP) is 2.32. The van der Waals surface area contributed by atoms with Gasteiger partial charge in [-0.15, -0.1) is 11.8 Å². The molecule has 1 aliphatic heterocycles. The van der Waals surface area contributed by atoms with Crippen molar-refractivity contribution < 1.29 is 9.90 Å².